The second-order valence-electron chi connectivity index (χ2n) is 6.36. The van der Waals surface area contributed by atoms with Crippen LogP contribution in [0, 0.1) is 12.8 Å². The van der Waals surface area contributed by atoms with Crippen LogP contribution < -0.4 is 4.74 Å². The molecular weight excluding hydrogens is 336 g/mol. The summed E-state index contributed by atoms with van der Waals surface area (Å²) in [6.45, 7) is 4.24. The third-order valence-electron chi connectivity index (χ3n) is 4.55. The number of thiophene rings is 1. The first kappa shape index (κ1) is 16.1. The van der Waals surface area contributed by atoms with Crippen LogP contribution in [-0.4, -0.2) is 45.1 Å². The van der Waals surface area contributed by atoms with Gasteiger partial charge in [-0.2, -0.15) is 0 Å². The van der Waals surface area contributed by atoms with Crippen molar-refractivity contribution in [1.82, 2.24) is 19.5 Å². The average molecular weight is 356 g/mol. The number of aromatic nitrogens is 3. The molecule has 6 nitrogen and oxygen atoms in total. The summed E-state index contributed by atoms with van der Waals surface area (Å²) in [4.78, 5) is 20.6. The summed E-state index contributed by atoms with van der Waals surface area (Å²) in [5.74, 6) is 1.22. The quantitative estimate of drug-likeness (QED) is 0.721. The predicted molar refractivity (Wildman–Crippen MR) is 96.2 cm³/mol. The fourth-order valence-electron chi connectivity index (χ4n) is 3.09. The van der Waals surface area contributed by atoms with Gasteiger partial charge in [0.15, 0.2) is 5.65 Å². The number of hydrogen-bond acceptors (Lipinski definition) is 5. The van der Waals surface area contributed by atoms with Crippen LogP contribution in [-0.2, 0) is 0 Å². The molecule has 130 valence electrons. The van der Waals surface area contributed by atoms with E-state index in [0.29, 0.717) is 18.4 Å². The molecule has 1 aliphatic heterocycles. The summed E-state index contributed by atoms with van der Waals surface area (Å²) in [5.41, 5.74) is 0.808. The highest BCUT2D eigenvalue weighted by atomic mass is 32.1. The molecule has 3 aromatic heterocycles. The predicted octanol–water partition coefficient (Wildman–Crippen LogP) is 3.03. The number of nitrogens with zero attached hydrogens (tertiary/aromatic N) is 4. The van der Waals surface area contributed by atoms with Crippen LogP contribution in [0.2, 0.25) is 0 Å². The summed E-state index contributed by atoms with van der Waals surface area (Å²) in [5, 5.41) is 4.37. The second-order valence-corrected chi connectivity index (χ2v) is 7.65. The van der Waals surface area contributed by atoms with Crippen LogP contribution in [0.4, 0.5) is 0 Å². The topological polar surface area (TPSA) is 59.7 Å². The van der Waals surface area contributed by atoms with Gasteiger partial charge < -0.3 is 9.64 Å². The number of imidazole rings is 1. The molecule has 1 aliphatic rings. The fraction of sp³-hybridized carbons (Fsp3) is 0.389. The first-order valence-electron chi connectivity index (χ1n) is 8.48. The minimum atomic E-state index is 0.157. The summed E-state index contributed by atoms with van der Waals surface area (Å²) in [6, 6.07) is 7.67. The van der Waals surface area contributed by atoms with Crippen LogP contribution in [0.15, 0.2) is 36.7 Å². The van der Waals surface area contributed by atoms with Gasteiger partial charge in [0.05, 0.1) is 11.5 Å². The first-order valence-corrected chi connectivity index (χ1v) is 9.29. The Kier molecular flexibility index (Phi) is 4.40. The van der Waals surface area contributed by atoms with Crippen molar-refractivity contribution in [2.45, 2.75) is 19.8 Å². The van der Waals surface area contributed by atoms with E-state index < -0.39 is 0 Å². The van der Waals surface area contributed by atoms with Crippen LogP contribution >= 0.6 is 11.3 Å². The van der Waals surface area contributed by atoms with E-state index in [1.54, 1.807) is 28.2 Å². The SMILES string of the molecule is Cc1ccc(C(=O)N2CCC(COc3ccc4nccn4n3)CC2)s1. The Labute approximate surface area is 150 Å². The molecule has 0 N–H and O–H groups in total. The van der Waals surface area contributed by atoms with Crippen molar-refractivity contribution in [3.05, 3.63) is 46.4 Å². The molecule has 0 atom stereocenters. The number of likely N-dealkylation sites (tertiary alicyclic amines) is 1. The van der Waals surface area contributed by atoms with Gasteiger partial charge in [-0.1, -0.05) is 0 Å². The Bertz CT molecular complexity index is 880. The maximum Gasteiger partial charge on any atom is 0.263 e. The van der Waals surface area contributed by atoms with Crippen molar-refractivity contribution in [1.29, 1.82) is 0 Å². The van der Waals surface area contributed by atoms with Gasteiger partial charge >= 0.3 is 0 Å². The highest BCUT2D eigenvalue weighted by Gasteiger charge is 2.24. The Morgan fingerprint density at radius 2 is 2.12 bits per heavy atom. The normalized spacial score (nSPS) is 15.6. The zero-order valence-electron chi connectivity index (χ0n) is 14.1. The minimum absolute atomic E-state index is 0.157. The number of hydrogen-bond donors (Lipinski definition) is 0. The molecule has 4 heterocycles. The number of rotatable bonds is 4. The third-order valence-corrected chi connectivity index (χ3v) is 5.54. The van der Waals surface area contributed by atoms with Crippen molar-refractivity contribution in [3.8, 4) is 5.88 Å². The molecule has 1 fully saturated rings. The summed E-state index contributed by atoms with van der Waals surface area (Å²) in [6.07, 6.45) is 5.44. The lowest BCUT2D eigenvalue weighted by Gasteiger charge is -2.31. The molecular formula is C18H20N4O2S. The maximum absolute atomic E-state index is 12.5. The number of piperidine rings is 1. The van der Waals surface area contributed by atoms with Gasteiger partial charge in [0, 0.05) is 36.4 Å². The van der Waals surface area contributed by atoms with E-state index in [2.05, 4.69) is 10.1 Å². The van der Waals surface area contributed by atoms with Crippen LogP contribution in [0.5, 0.6) is 5.88 Å². The summed E-state index contributed by atoms with van der Waals surface area (Å²) >= 11 is 1.57. The highest BCUT2D eigenvalue weighted by Crippen LogP contribution is 2.23. The van der Waals surface area contributed by atoms with Crippen molar-refractivity contribution in [3.63, 3.8) is 0 Å². The molecule has 1 saturated heterocycles. The Balaban J connectivity index is 1.29. The molecule has 4 rings (SSSR count). The molecule has 1 amide bonds. The molecule has 0 unspecified atom stereocenters. The number of fused-ring (bicyclic) bond motifs is 1. The minimum Gasteiger partial charge on any atom is -0.476 e. The van der Waals surface area contributed by atoms with Crippen molar-refractivity contribution in [2.24, 2.45) is 5.92 Å². The molecule has 0 aromatic carbocycles. The Morgan fingerprint density at radius 1 is 1.28 bits per heavy atom. The van der Waals surface area contributed by atoms with E-state index in [0.717, 1.165) is 36.5 Å². The van der Waals surface area contributed by atoms with Crippen LogP contribution in [0.1, 0.15) is 27.4 Å². The smallest absolute Gasteiger partial charge is 0.263 e. The monoisotopic (exact) mass is 356 g/mol. The molecule has 25 heavy (non-hydrogen) atoms. The zero-order chi connectivity index (χ0) is 17.2. The molecule has 0 aliphatic carbocycles. The van der Waals surface area contributed by atoms with Gasteiger partial charge in [0.1, 0.15) is 0 Å². The standard InChI is InChI=1S/C18H20N4O2S/c1-13-2-3-15(25-13)18(23)21-9-6-14(7-10-21)12-24-17-5-4-16-19-8-11-22(16)20-17/h2-5,8,11,14H,6-7,9-10,12H2,1H3. The molecule has 0 saturated carbocycles. The number of carbonyl (C=O) groups excluding carboxylic acids is 1. The number of amides is 1. The van der Waals surface area contributed by atoms with Gasteiger partial charge in [-0.05, 0) is 43.9 Å². The fourth-order valence-corrected chi connectivity index (χ4v) is 3.92. The summed E-state index contributed by atoms with van der Waals surface area (Å²) in [7, 11) is 0. The van der Waals surface area contributed by atoms with Crippen molar-refractivity contribution in [2.75, 3.05) is 19.7 Å². The second kappa shape index (κ2) is 6.84. The molecule has 0 radical (unpaired) electrons. The molecule has 0 spiro atoms. The lowest BCUT2D eigenvalue weighted by molar-refractivity contribution is 0.0663. The van der Waals surface area contributed by atoms with E-state index >= 15 is 0 Å². The zero-order valence-corrected chi connectivity index (χ0v) is 14.9. The maximum atomic E-state index is 12.5. The van der Waals surface area contributed by atoms with Gasteiger partial charge in [0.25, 0.3) is 5.91 Å². The Hall–Kier alpha value is -2.41. The molecule has 7 heteroatoms. The average Bonchev–Trinajstić information content (AvgIpc) is 3.28. The van der Waals surface area contributed by atoms with Crippen molar-refractivity contribution >= 4 is 22.9 Å². The lowest BCUT2D eigenvalue weighted by Crippen LogP contribution is -2.39. The highest BCUT2D eigenvalue weighted by molar-refractivity contribution is 7.13. The largest absolute Gasteiger partial charge is 0.476 e. The van der Waals surface area contributed by atoms with E-state index in [1.165, 1.54) is 4.88 Å². The van der Waals surface area contributed by atoms with Gasteiger partial charge in [-0.25, -0.2) is 9.50 Å². The van der Waals surface area contributed by atoms with E-state index in [9.17, 15) is 4.79 Å². The van der Waals surface area contributed by atoms with E-state index in [4.69, 9.17) is 4.74 Å². The van der Waals surface area contributed by atoms with Crippen molar-refractivity contribution < 1.29 is 9.53 Å². The number of aryl methyl sites for hydroxylation is 1. The molecule has 0 bridgehead atoms. The van der Waals surface area contributed by atoms with Crippen LogP contribution in [0.3, 0.4) is 0 Å². The molecule has 3 aromatic rings. The lowest BCUT2D eigenvalue weighted by atomic mass is 9.98. The first-order chi connectivity index (χ1) is 12.2. The van der Waals surface area contributed by atoms with Gasteiger partial charge in [-0.15, -0.1) is 16.4 Å². The van der Waals surface area contributed by atoms with E-state index in [-0.39, 0.29) is 5.91 Å². The number of carbonyl (C=O) groups is 1. The van der Waals surface area contributed by atoms with Gasteiger partial charge in [0.2, 0.25) is 5.88 Å². The Morgan fingerprint density at radius 3 is 2.88 bits per heavy atom. The summed E-state index contributed by atoms with van der Waals surface area (Å²) < 4.78 is 7.55. The third kappa shape index (κ3) is 3.51. The number of ether oxygens (including phenoxy) is 1. The van der Waals surface area contributed by atoms with Gasteiger partial charge in [-0.3, -0.25) is 4.79 Å². The van der Waals surface area contributed by atoms with Crippen LogP contribution in [0.25, 0.3) is 5.65 Å². The van der Waals surface area contributed by atoms with E-state index in [1.807, 2.05) is 36.1 Å².